The quantitative estimate of drug-likeness (QED) is 0.335. The molecular weight excluding hydrogens is 557 g/mol. The molecule has 0 unspecified atom stereocenters. The van der Waals surface area contributed by atoms with Crippen molar-refractivity contribution in [2.24, 2.45) is 5.92 Å². The first kappa shape index (κ1) is 30.2. The second-order valence-corrected chi connectivity index (χ2v) is 12.4. The van der Waals surface area contributed by atoms with Crippen LogP contribution < -0.4 is 14.8 Å². The van der Waals surface area contributed by atoms with E-state index in [0.717, 1.165) is 42.7 Å². The summed E-state index contributed by atoms with van der Waals surface area (Å²) in [5.41, 5.74) is -0.755. The van der Waals surface area contributed by atoms with Crippen LogP contribution in [0.1, 0.15) is 55.5 Å². The largest absolute Gasteiger partial charge is 0.434 e. The van der Waals surface area contributed by atoms with Gasteiger partial charge in [0.1, 0.15) is 11.8 Å². The number of thiazole rings is 1. The highest BCUT2D eigenvalue weighted by atomic mass is 32.2. The van der Waals surface area contributed by atoms with Crippen molar-refractivity contribution in [2.75, 3.05) is 6.54 Å². The number of carbonyl (C=O) groups is 1. The molecule has 1 aliphatic carbocycles. The number of nitrogens with one attached hydrogen (secondary N) is 2. The SMILES string of the molecule is C[C@H](NS(=O)(=O)c1ccc(-c2sc(C(=O)NCC(C)(C)O)nc2CC2CCC2)c(OC(F)F)c1)C(F)(F)F. The lowest BCUT2D eigenvalue weighted by Gasteiger charge is -2.25. The van der Waals surface area contributed by atoms with E-state index in [-0.39, 0.29) is 23.0 Å². The second kappa shape index (κ2) is 11.4. The topological polar surface area (TPSA) is 118 Å². The number of hydrogen-bond acceptors (Lipinski definition) is 7. The van der Waals surface area contributed by atoms with Gasteiger partial charge in [0.2, 0.25) is 10.0 Å². The number of halogens is 5. The van der Waals surface area contributed by atoms with Crippen LogP contribution in [-0.4, -0.2) is 55.4 Å². The number of amides is 1. The number of benzene rings is 1. The van der Waals surface area contributed by atoms with Gasteiger partial charge in [0.05, 0.1) is 21.1 Å². The fourth-order valence-electron chi connectivity index (χ4n) is 3.56. The van der Waals surface area contributed by atoms with Gasteiger partial charge in [-0.15, -0.1) is 11.3 Å². The predicted octanol–water partition coefficient (Wildman–Crippen LogP) is 4.48. The van der Waals surface area contributed by atoms with E-state index in [2.05, 4.69) is 15.0 Å². The first-order valence-electron chi connectivity index (χ1n) is 11.6. The number of sulfonamides is 1. The lowest BCUT2D eigenvalue weighted by molar-refractivity contribution is -0.147. The molecule has 1 heterocycles. The normalized spacial score (nSPS) is 15.8. The Labute approximate surface area is 220 Å². The maximum atomic E-state index is 13.3. The van der Waals surface area contributed by atoms with E-state index >= 15 is 0 Å². The summed E-state index contributed by atoms with van der Waals surface area (Å²) in [5, 5.41) is 12.4. The lowest BCUT2D eigenvalue weighted by atomic mass is 9.82. The maximum Gasteiger partial charge on any atom is 0.404 e. The Morgan fingerprint density at radius 3 is 2.45 bits per heavy atom. The number of ether oxygens (including phenoxy) is 1. The fraction of sp³-hybridized carbons (Fsp3) is 0.565. The molecule has 3 N–H and O–H groups in total. The van der Waals surface area contributed by atoms with Crippen molar-refractivity contribution in [3.8, 4) is 16.2 Å². The summed E-state index contributed by atoms with van der Waals surface area (Å²) >= 11 is 0.873. The van der Waals surface area contributed by atoms with E-state index in [1.807, 2.05) is 0 Å². The zero-order valence-corrected chi connectivity index (χ0v) is 22.4. The number of rotatable bonds is 11. The van der Waals surface area contributed by atoms with E-state index in [1.54, 1.807) is 0 Å². The third-order valence-corrected chi connectivity index (χ3v) is 8.49. The van der Waals surface area contributed by atoms with Crippen LogP contribution in [0.25, 0.3) is 10.4 Å². The summed E-state index contributed by atoms with van der Waals surface area (Å²) in [6.45, 7) is 0.157. The van der Waals surface area contributed by atoms with Gasteiger partial charge in [0, 0.05) is 18.2 Å². The summed E-state index contributed by atoms with van der Waals surface area (Å²) in [5.74, 6) is -0.932. The summed E-state index contributed by atoms with van der Waals surface area (Å²) in [4.78, 5) is 16.7. The average molecular weight is 586 g/mol. The molecule has 1 fully saturated rings. The van der Waals surface area contributed by atoms with E-state index in [4.69, 9.17) is 0 Å². The van der Waals surface area contributed by atoms with Gasteiger partial charge in [-0.25, -0.2) is 13.4 Å². The minimum Gasteiger partial charge on any atom is -0.434 e. The molecular formula is C23H28F5N3O5S2. The number of carbonyl (C=O) groups excluding carboxylic acids is 1. The molecule has 15 heteroatoms. The van der Waals surface area contributed by atoms with Gasteiger partial charge >= 0.3 is 12.8 Å². The molecule has 0 aliphatic heterocycles. The second-order valence-electron chi connectivity index (χ2n) is 9.71. The van der Waals surface area contributed by atoms with Crippen molar-refractivity contribution in [2.45, 2.75) is 75.8 Å². The zero-order chi connectivity index (χ0) is 28.5. The van der Waals surface area contributed by atoms with Gasteiger partial charge in [-0.1, -0.05) is 19.3 Å². The first-order valence-corrected chi connectivity index (χ1v) is 13.9. The smallest absolute Gasteiger partial charge is 0.404 e. The monoisotopic (exact) mass is 585 g/mol. The Balaban J connectivity index is 2.03. The Kier molecular flexibility index (Phi) is 9.06. The zero-order valence-electron chi connectivity index (χ0n) is 20.7. The number of hydrogen-bond donors (Lipinski definition) is 3. The van der Waals surface area contributed by atoms with Gasteiger partial charge in [-0.05, 0) is 45.2 Å². The van der Waals surface area contributed by atoms with E-state index in [0.29, 0.717) is 30.0 Å². The van der Waals surface area contributed by atoms with Crippen LogP contribution in [0.4, 0.5) is 22.0 Å². The molecule has 0 spiro atoms. The molecule has 212 valence electrons. The third-order valence-electron chi connectivity index (χ3n) is 5.83. The summed E-state index contributed by atoms with van der Waals surface area (Å²) < 4.78 is 96.4. The Morgan fingerprint density at radius 2 is 1.92 bits per heavy atom. The minimum atomic E-state index is -4.86. The molecule has 38 heavy (non-hydrogen) atoms. The molecule has 1 atom stereocenters. The summed E-state index contributed by atoms with van der Waals surface area (Å²) in [6.07, 6.45) is -1.59. The Morgan fingerprint density at radius 1 is 1.26 bits per heavy atom. The van der Waals surface area contributed by atoms with Crippen LogP contribution in [0.3, 0.4) is 0 Å². The molecule has 1 aliphatic rings. The van der Waals surface area contributed by atoms with E-state index < -0.39 is 51.0 Å². The van der Waals surface area contributed by atoms with Gasteiger partial charge in [-0.2, -0.15) is 26.7 Å². The third kappa shape index (κ3) is 7.83. The predicted molar refractivity (Wildman–Crippen MR) is 130 cm³/mol. The molecule has 1 saturated carbocycles. The van der Waals surface area contributed by atoms with Gasteiger partial charge in [0.15, 0.2) is 5.01 Å². The van der Waals surface area contributed by atoms with Crippen LogP contribution in [0, 0.1) is 5.92 Å². The van der Waals surface area contributed by atoms with Crippen molar-refractivity contribution >= 4 is 27.3 Å². The minimum absolute atomic E-state index is 0.000984. The highest BCUT2D eigenvalue weighted by Gasteiger charge is 2.39. The van der Waals surface area contributed by atoms with Crippen LogP contribution >= 0.6 is 11.3 Å². The van der Waals surface area contributed by atoms with Crippen molar-refractivity contribution in [3.63, 3.8) is 0 Å². The van der Waals surface area contributed by atoms with Crippen LogP contribution in [0.5, 0.6) is 5.75 Å². The highest BCUT2D eigenvalue weighted by molar-refractivity contribution is 7.89. The average Bonchev–Trinajstić information content (AvgIpc) is 3.16. The number of nitrogens with zero attached hydrogens (tertiary/aromatic N) is 1. The van der Waals surface area contributed by atoms with Crippen molar-refractivity contribution in [3.05, 3.63) is 28.9 Å². The van der Waals surface area contributed by atoms with Crippen molar-refractivity contribution in [1.82, 2.24) is 15.0 Å². The van der Waals surface area contributed by atoms with Gasteiger partial charge < -0.3 is 15.2 Å². The highest BCUT2D eigenvalue weighted by Crippen LogP contribution is 2.41. The number of aliphatic hydroxyl groups is 1. The molecule has 1 aromatic heterocycles. The van der Waals surface area contributed by atoms with Crippen LogP contribution in [-0.2, 0) is 16.4 Å². The van der Waals surface area contributed by atoms with Crippen LogP contribution in [0.15, 0.2) is 23.1 Å². The standard InChI is InChI=1S/C23H28F5N3O5S2/c1-12(23(26,27)28)31-38(34,35)14-7-8-15(17(10-14)36-21(24)25)18-16(9-13-5-4-6-13)30-20(37-18)19(32)29-11-22(2,3)33/h7-8,10,12-13,21,31,33H,4-6,9,11H2,1-3H3,(H,29,32)/t12-/m0/s1. The number of alkyl halides is 5. The molecule has 0 saturated heterocycles. The van der Waals surface area contributed by atoms with Gasteiger partial charge in [0.25, 0.3) is 5.91 Å². The van der Waals surface area contributed by atoms with Crippen molar-refractivity contribution in [1.29, 1.82) is 0 Å². The maximum absolute atomic E-state index is 13.3. The molecule has 0 radical (unpaired) electrons. The molecule has 1 aromatic carbocycles. The van der Waals surface area contributed by atoms with E-state index in [9.17, 15) is 40.3 Å². The molecule has 3 rings (SSSR count). The Hall–Kier alpha value is -2.36. The van der Waals surface area contributed by atoms with Crippen LogP contribution in [0.2, 0.25) is 0 Å². The fourth-order valence-corrected chi connectivity index (χ4v) is 5.84. The molecule has 8 nitrogen and oxygen atoms in total. The lowest BCUT2D eigenvalue weighted by Crippen LogP contribution is -2.42. The number of aromatic nitrogens is 1. The van der Waals surface area contributed by atoms with E-state index in [1.165, 1.54) is 18.6 Å². The summed E-state index contributed by atoms with van der Waals surface area (Å²) in [6, 6.07) is 0.404. The molecule has 2 aromatic rings. The summed E-state index contributed by atoms with van der Waals surface area (Å²) in [7, 11) is -4.75. The first-order chi connectivity index (χ1) is 17.5. The molecule has 0 bridgehead atoms. The van der Waals surface area contributed by atoms with Crippen molar-refractivity contribution < 1.29 is 45.0 Å². The van der Waals surface area contributed by atoms with Gasteiger partial charge in [-0.3, -0.25) is 4.79 Å². The Bertz CT molecular complexity index is 1260. The molecule has 1 amide bonds.